The van der Waals surface area contributed by atoms with E-state index in [2.05, 4.69) is 24.2 Å². The summed E-state index contributed by atoms with van der Waals surface area (Å²) in [4.78, 5) is 0. The number of hydrogen-bond acceptors (Lipinski definition) is 3. The third kappa shape index (κ3) is 3.14. The van der Waals surface area contributed by atoms with Gasteiger partial charge in [0.2, 0.25) is 0 Å². The van der Waals surface area contributed by atoms with Gasteiger partial charge < -0.3 is 5.73 Å². The van der Waals surface area contributed by atoms with Gasteiger partial charge in [-0.3, -0.25) is 4.68 Å². The second-order valence-corrected chi connectivity index (χ2v) is 3.88. The summed E-state index contributed by atoms with van der Waals surface area (Å²) in [7, 11) is 0. The Kier molecular flexibility index (Phi) is 3.42. The molecule has 1 rings (SSSR count). The van der Waals surface area contributed by atoms with Crippen LogP contribution in [0.15, 0.2) is 6.20 Å². The highest BCUT2D eigenvalue weighted by atomic mass is 15.4. The molecular weight excluding hydrogens is 164 g/mol. The smallest absolute Gasteiger partial charge is 0.0991 e. The molecule has 1 atom stereocenters. The van der Waals surface area contributed by atoms with Crippen LogP contribution < -0.4 is 5.73 Å². The summed E-state index contributed by atoms with van der Waals surface area (Å²) < 4.78 is 1.86. The van der Waals surface area contributed by atoms with Crippen molar-refractivity contribution >= 4 is 0 Å². The molecular formula is C9H18N4. The average molecular weight is 182 g/mol. The summed E-state index contributed by atoms with van der Waals surface area (Å²) >= 11 is 0. The van der Waals surface area contributed by atoms with Crippen LogP contribution in [0.25, 0.3) is 0 Å². The maximum absolute atomic E-state index is 5.67. The molecule has 0 spiro atoms. The molecule has 0 saturated heterocycles. The molecule has 0 saturated carbocycles. The first kappa shape index (κ1) is 10.2. The lowest BCUT2D eigenvalue weighted by Gasteiger charge is -2.02. The molecule has 1 aromatic rings. The van der Waals surface area contributed by atoms with Crippen molar-refractivity contribution in [2.24, 2.45) is 11.7 Å². The van der Waals surface area contributed by atoms with Gasteiger partial charge in [-0.25, -0.2) is 0 Å². The second kappa shape index (κ2) is 4.37. The molecule has 0 radical (unpaired) electrons. The predicted molar refractivity (Wildman–Crippen MR) is 52.1 cm³/mol. The summed E-state index contributed by atoms with van der Waals surface area (Å²) in [6, 6.07) is -0.0206. The zero-order valence-corrected chi connectivity index (χ0v) is 8.57. The maximum Gasteiger partial charge on any atom is 0.0991 e. The van der Waals surface area contributed by atoms with Crippen molar-refractivity contribution in [3.63, 3.8) is 0 Å². The normalized spacial score (nSPS) is 13.6. The maximum atomic E-state index is 5.67. The van der Waals surface area contributed by atoms with E-state index in [-0.39, 0.29) is 6.04 Å². The highest BCUT2D eigenvalue weighted by Crippen LogP contribution is 2.06. The van der Waals surface area contributed by atoms with Gasteiger partial charge in [0.25, 0.3) is 0 Å². The van der Waals surface area contributed by atoms with Crippen LogP contribution in [0.1, 0.15) is 38.9 Å². The highest BCUT2D eigenvalue weighted by molar-refractivity contribution is 4.97. The molecule has 0 aliphatic heterocycles. The van der Waals surface area contributed by atoms with E-state index in [1.54, 1.807) is 0 Å². The van der Waals surface area contributed by atoms with Crippen LogP contribution in [0.5, 0.6) is 0 Å². The van der Waals surface area contributed by atoms with Gasteiger partial charge in [-0.05, 0) is 19.3 Å². The minimum atomic E-state index is -0.0206. The van der Waals surface area contributed by atoms with Gasteiger partial charge in [-0.1, -0.05) is 19.1 Å². The van der Waals surface area contributed by atoms with Gasteiger partial charge >= 0.3 is 0 Å². The van der Waals surface area contributed by atoms with E-state index in [1.165, 1.54) is 0 Å². The Morgan fingerprint density at radius 3 is 2.62 bits per heavy atom. The van der Waals surface area contributed by atoms with Crippen LogP contribution in [0.3, 0.4) is 0 Å². The molecule has 13 heavy (non-hydrogen) atoms. The molecule has 0 amide bonds. The Morgan fingerprint density at radius 1 is 1.46 bits per heavy atom. The number of hydrogen-bond donors (Lipinski definition) is 1. The number of nitrogens with two attached hydrogens (primary N) is 1. The fraction of sp³-hybridized carbons (Fsp3) is 0.778. The van der Waals surface area contributed by atoms with Gasteiger partial charge in [0, 0.05) is 12.6 Å². The van der Waals surface area contributed by atoms with E-state index >= 15 is 0 Å². The quantitative estimate of drug-likeness (QED) is 0.764. The Hall–Kier alpha value is -0.900. The molecule has 74 valence electrons. The first-order valence-electron chi connectivity index (χ1n) is 4.75. The Morgan fingerprint density at radius 2 is 2.15 bits per heavy atom. The topological polar surface area (TPSA) is 56.7 Å². The number of aromatic nitrogens is 3. The molecule has 0 bridgehead atoms. The van der Waals surface area contributed by atoms with Crippen LogP contribution in [-0.2, 0) is 6.54 Å². The first-order chi connectivity index (χ1) is 6.09. The van der Waals surface area contributed by atoms with Crippen molar-refractivity contribution < 1.29 is 0 Å². The summed E-state index contributed by atoms with van der Waals surface area (Å²) in [5, 5.41) is 7.98. The predicted octanol–water partition coefficient (Wildman–Crippen LogP) is 1.34. The summed E-state index contributed by atoms with van der Waals surface area (Å²) in [6.07, 6.45) is 3.05. The van der Waals surface area contributed by atoms with Crippen molar-refractivity contribution in [3.8, 4) is 0 Å². The van der Waals surface area contributed by atoms with Crippen LogP contribution in [-0.4, -0.2) is 15.0 Å². The van der Waals surface area contributed by atoms with E-state index in [0.29, 0.717) is 5.92 Å². The zero-order valence-electron chi connectivity index (χ0n) is 8.57. The van der Waals surface area contributed by atoms with Crippen molar-refractivity contribution in [2.45, 2.75) is 39.8 Å². The Labute approximate surface area is 79.1 Å². The van der Waals surface area contributed by atoms with Crippen LogP contribution in [0, 0.1) is 5.92 Å². The molecule has 0 fully saturated rings. The summed E-state index contributed by atoms with van der Waals surface area (Å²) in [5.74, 6) is 0.697. The zero-order chi connectivity index (χ0) is 9.84. The van der Waals surface area contributed by atoms with Gasteiger partial charge in [-0.2, -0.15) is 0 Å². The van der Waals surface area contributed by atoms with Crippen molar-refractivity contribution in [3.05, 3.63) is 11.9 Å². The van der Waals surface area contributed by atoms with E-state index in [1.807, 2.05) is 17.8 Å². The molecule has 1 heterocycles. The van der Waals surface area contributed by atoms with Gasteiger partial charge in [-0.15, -0.1) is 5.10 Å². The lowest BCUT2D eigenvalue weighted by Crippen LogP contribution is -2.05. The molecule has 1 aromatic heterocycles. The SMILES string of the molecule is CC(C)CCn1cc(C(C)N)nn1. The van der Waals surface area contributed by atoms with Crippen LogP contribution in [0.4, 0.5) is 0 Å². The van der Waals surface area contributed by atoms with Gasteiger partial charge in [0.05, 0.1) is 11.9 Å². The van der Waals surface area contributed by atoms with Crippen molar-refractivity contribution in [1.82, 2.24) is 15.0 Å². The molecule has 0 aliphatic rings. The number of aryl methyl sites for hydroxylation is 1. The Bertz CT molecular complexity index is 252. The molecule has 0 aliphatic carbocycles. The van der Waals surface area contributed by atoms with E-state index in [9.17, 15) is 0 Å². The molecule has 1 unspecified atom stereocenters. The van der Waals surface area contributed by atoms with Crippen molar-refractivity contribution in [2.75, 3.05) is 0 Å². The molecule has 0 aromatic carbocycles. The summed E-state index contributed by atoms with van der Waals surface area (Å²) in [6.45, 7) is 7.24. The highest BCUT2D eigenvalue weighted by Gasteiger charge is 2.04. The third-order valence-corrected chi connectivity index (χ3v) is 1.96. The fourth-order valence-electron chi connectivity index (χ4n) is 1.02. The van der Waals surface area contributed by atoms with Crippen molar-refractivity contribution in [1.29, 1.82) is 0 Å². The van der Waals surface area contributed by atoms with Gasteiger partial charge in [0.1, 0.15) is 0 Å². The minimum absolute atomic E-state index is 0.0206. The van der Waals surface area contributed by atoms with E-state index < -0.39 is 0 Å². The second-order valence-electron chi connectivity index (χ2n) is 3.88. The fourth-order valence-corrected chi connectivity index (χ4v) is 1.02. The monoisotopic (exact) mass is 182 g/mol. The third-order valence-electron chi connectivity index (χ3n) is 1.96. The first-order valence-corrected chi connectivity index (χ1v) is 4.75. The standard InChI is InChI=1S/C9H18N4/c1-7(2)4-5-13-6-9(8(3)10)11-12-13/h6-8H,4-5,10H2,1-3H3. The van der Waals surface area contributed by atoms with Crippen LogP contribution in [0.2, 0.25) is 0 Å². The largest absolute Gasteiger partial charge is 0.323 e. The lowest BCUT2D eigenvalue weighted by molar-refractivity contribution is 0.478. The number of nitrogens with zero attached hydrogens (tertiary/aromatic N) is 3. The summed E-state index contributed by atoms with van der Waals surface area (Å²) in [5.41, 5.74) is 6.53. The molecule has 2 N–H and O–H groups in total. The minimum Gasteiger partial charge on any atom is -0.323 e. The van der Waals surface area contributed by atoms with Gasteiger partial charge in [0.15, 0.2) is 0 Å². The molecule has 4 heteroatoms. The van der Waals surface area contributed by atoms with E-state index in [0.717, 1.165) is 18.7 Å². The Balaban J connectivity index is 2.49. The number of rotatable bonds is 4. The average Bonchev–Trinajstić information content (AvgIpc) is 2.48. The van der Waals surface area contributed by atoms with E-state index in [4.69, 9.17) is 5.73 Å². The molecule has 4 nitrogen and oxygen atoms in total. The lowest BCUT2D eigenvalue weighted by atomic mass is 10.1. The van der Waals surface area contributed by atoms with Crippen LogP contribution >= 0.6 is 0 Å².